The van der Waals surface area contributed by atoms with Crippen LogP contribution in [-0.4, -0.2) is 33.8 Å². The number of rotatable bonds is 8. The summed E-state index contributed by atoms with van der Waals surface area (Å²) in [4.78, 5) is 10.2. The van der Waals surface area contributed by atoms with Gasteiger partial charge in [-0.1, -0.05) is 26.0 Å². The number of aliphatic imine (C=N–C) groups is 1. The maximum absolute atomic E-state index is 10.3. The molecule has 0 aliphatic carbocycles. The van der Waals surface area contributed by atoms with Crippen LogP contribution in [0.5, 0.6) is 5.88 Å². The fourth-order valence-electron chi connectivity index (χ4n) is 3.65. The fraction of sp³-hybridized carbons (Fsp3) is 0.348. The average Bonchev–Trinajstić information content (AvgIpc) is 2.99. The average molecular weight is 379 g/mol. The highest BCUT2D eigenvalue weighted by atomic mass is 16.3. The van der Waals surface area contributed by atoms with Crippen molar-refractivity contribution in [2.24, 2.45) is 4.99 Å². The van der Waals surface area contributed by atoms with Gasteiger partial charge in [-0.05, 0) is 68.8 Å². The van der Waals surface area contributed by atoms with Crippen LogP contribution in [0.3, 0.4) is 0 Å². The van der Waals surface area contributed by atoms with Crippen LogP contribution < -0.4 is 5.73 Å². The lowest BCUT2D eigenvalue weighted by molar-refractivity contribution is 0.266. The van der Waals surface area contributed by atoms with Crippen LogP contribution in [0.2, 0.25) is 0 Å². The van der Waals surface area contributed by atoms with Crippen molar-refractivity contribution in [1.29, 1.82) is 0 Å². The molecule has 1 heterocycles. The SMILES string of the molecule is CCCN(CCC)Cc1ccc(N=C(C)c2c(O)[nH]c3ccc(N)cc23)cc1. The zero-order chi connectivity index (χ0) is 20.1. The van der Waals surface area contributed by atoms with Crippen LogP contribution in [-0.2, 0) is 6.54 Å². The Labute approximate surface area is 166 Å². The number of benzene rings is 2. The van der Waals surface area contributed by atoms with Crippen LogP contribution in [0.4, 0.5) is 11.4 Å². The number of nitrogens with zero attached hydrogens (tertiary/aromatic N) is 2. The second-order valence-corrected chi connectivity index (χ2v) is 7.29. The maximum atomic E-state index is 10.3. The molecule has 0 fully saturated rings. The van der Waals surface area contributed by atoms with Crippen molar-refractivity contribution in [3.63, 3.8) is 0 Å². The van der Waals surface area contributed by atoms with E-state index in [-0.39, 0.29) is 5.88 Å². The first-order chi connectivity index (χ1) is 13.5. The number of fused-ring (bicyclic) bond motifs is 1. The number of H-pyrrole nitrogens is 1. The Morgan fingerprint density at radius 3 is 2.39 bits per heavy atom. The lowest BCUT2D eigenvalue weighted by Gasteiger charge is -2.20. The molecule has 0 unspecified atom stereocenters. The van der Waals surface area contributed by atoms with Crippen molar-refractivity contribution >= 4 is 28.0 Å². The summed E-state index contributed by atoms with van der Waals surface area (Å²) in [6, 6.07) is 13.9. The highest BCUT2D eigenvalue weighted by Gasteiger charge is 2.14. The van der Waals surface area contributed by atoms with Crippen molar-refractivity contribution < 1.29 is 5.11 Å². The van der Waals surface area contributed by atoms with Crippen molar-refractivity contribution in [3.05, 3.63) is 53.6 Å². The second kappa shape index (κ2) is 8.93. The first-order valence-electron chi connectivity index (χ1n) is 9.99. The van der Waals surface area contributed by atoms with Crippen molar-refractivity contribution in [3.8, 4) is 5.88 Å². The molecule has 0 bridgehead atoms. The lowest BCUT2D eigenvalue weighted by atomic mass is 10.1. The zero-order valence-corrected chi connectivity index (χ0v) is 17.0. The van der Waals surface area contributed by atoms with Gasteiger partial charge in [0.15, 0.2) is 5.88 Å². The van der Waals surface area contributed by atoms with E-state index >= 15 is 0 Å². The summed E-state index contributed by atoms with van der Waals surface area (Å²) in [6.45, 7) is 9.55. The van der Waals surface area contributed by atoms with Crippen LogP contribution in [0.1, 0.15) is 44.7 Å². The van der Waals surface area contributed by atoms with Crippen molar-refractivity contribution in [1.82, 2.24) is 9.88 Å². The molecule has 1 aromatic heterocycles. The Kier molecular flexibility index (Phi) is 6.37. The van der Waals surface area contributed by atoms with E-state index in [1.54, 1.807) is 0 Å². The molecule has 4 N–H and O–H groups in total. The molecule has 0 spiro atoms. The van der Waals surface area contributed by atoms with Gasteiger partial charge in [-0.2, -0.15) is 0 Å². The molecule has 0 amide bonds. The quantitative estimate of drug-likeness (QED) is 0.371. The van der Waals surface area contributed by atoms with Gasteiger partial charge in [0.2, 0.25) is 0 Å². The predicted octanol–water partition coefficient (Wildman–Crippen LogP) is 5.22. The number of aromatic nitrogens is 1. The number of anilines is 1. The number of nitrogen functional groups attached to an aromatic ring is 1. The summed E-state index contributed by atoms with van der Waals surface area (Å²) in [6.07, 6.45) is 2.33. The maximum Gasteiger partial charge on any atom is 0.198 e. The van der Waals surface area contributed by atoms with E-state index in [9.17, 15) is 5.11 Å². The molecule has 0 aliphatic heterocycles. The van der Waals surface area contributed by atoms with Gasteiger partial charge in [-0.25, -0.2) is 0 Å². The minimum Gasteiger partial charge on any atom is -0.494 e. The summed E-state index contributed by atoms with van der Waals surface area (Å²) >= 11 is 0. The number of nitrogens with two attached hydrogens (primary N) is 1. The third kappa shape index (κ3) is 4.54. The topological polar surface area (TPSA) is 77.6 Å². The predicted molar refractivity (Wildman–Crippen MR) is 119 cm³/mol. The van der Waals surface area contributed by atoms with Gasteiger partial charge < -0.3 is 15.8 Å². The zero-order valence-electron chi connectivity index (χ0n) is 17.0. The van der Waals surface area contributed by atoms with Gasteiger partial charge in [0, 0.05) is 23.1 Å². The van der Waals surface area contributed by atoms with Crippen LogP contribution in [0.15, 0.2) is 47.5 Å². The van der Waals surface area contributed by atoms with E-state index in [0.717, 1.165) is 41.9 Å². The van der Waals surface area contributed by atoms with Crippen LogP contribution in [0.25, 0.3) is 10.9 Å². The van der Waals surface area contributed by atoms with Crippen LogP contribution >= 0.6 is 0 Å². The summed E-state index contributed by atoms with van der Waals surface area (Å²) in [5.41, 5.74) is 11.0. The third-order valence-corrected chi connectivity index (χ3v) is 4.88. The molecular weight excluding hydrogens is 348 g/mol. The summed E-state index contributed by atoms with van der Waals surface area (Å²) in [5.74, 6) is 0.119. The number of hydrogen-bond donors (Lipinski definition) is 3. The molecule has 0 atom stereocenters. The van der Waals surface area contributed by atoms with Gasteiger partial charge in [0.05, 0.1) is 17.0 Å². The van der Waals surface area contributed by atoms with Crippen LogP contribution in [0, 0.1) is 0 Å². The van der Waals surface area contributed by atoms with E-state index in [1.807, 2.05) is 37.3 Å². The first-order valence-corrected chi connectivity index (χ1v) is 9.99. The van der Waals surface area contributed by atoms with Gasteiger partial charge in [-0.15, -0.1) is 0 Å². The smallest absolute Gasteiger partial charge is 0.198 e. The molecular formula is C23H30N4O. The molecule has 3 aromatic rings. The molecule has 3 rings (SSSR count). The molecule has 5 nitrogen and oxygen atoms in total. The number of aromatic amines is 1. The Bertz CT molecular complexity index is 951. The van der Waals surface area contributed by atoms with Crippen molar-refractivity contribution in [2.45, 2.75) is 40.2 Å². The third-order valence-electron chi connectivity index (χ3n) is 4.88. The molecule has 2 aromatic carbocycles. The van der Waals surface area contributed by atoms with Gasteiger partial charge in [0.1, 0.15) is 0 Å². The molecule has 0 saturated heterocycles. The van der Waals surface area contributed by atoms with Crippen molar-refractivity contribution in [2.75, 3.05) is 18.8 Å². The monoisotopic (exact) mass is 378 g/mol. The molecule has 148 valence electrons. The Hall–Kier alpha value is -2.79. The number of nitrogens with one attached hydrogen (secondary N) is 1. The van der Waals surface area contributed by atoms with Gasteiger partial charge in [-0.3, -0.25) is 9.89 Å². The normalized spacial score (nSPS) is 12.2. The molecule has 28 heavy (non-hydrogen) atoms. The highest BCUT2D eigenvalue weighted by Crippen LogP contribution is 2.30. The molecule has 0 radical (unpaired) electrons. The fourth-order valence-corrected chi connectivity index (χ4v) is 3.65. The molecule has 0 aliphatic rings. The van der Waals surface area contributed by atoms with Gasteiger partial charge in [0.25, 0.3) is 0 Å². The first kappa shape index (κ1) is 20.0. The van der Waals surface area contributed by atoms with E-state index in [0.29, 0.717) is 11.3 Å². The highest BCUT2D eigenvalue weighted by molar-refractivity contribution is 6.13. The largest absolute Gasteiger partial charge is 0.494 e. The Balaban J connectivity index is 1.82. The number of hydrogen-bond acceptors (Lipinski definition) is 4. The van der Waals surface area contributed by atoms with Gasteiger partial charge >= 0.3 is 0 Å². The summed E-state index contributed by atoms with van der Waals surface area (Å²) < 4.78 is 0. The molecule has 0 saturated carbocycles. The molecule has 5 heteroatoms. The summed E-state index contributed by atoms with van der Waals surface area (Å²) in [5, 5.41) is 11.2. The summed E-state index contributed by atoms with van der Waals surface area (Å²) in [7, 11) is 0. The standard InChI is InChI=1S/C23H30N4O/c1-4-12-27(13-5-2)15-17-6-9-19(10-7-17)25-16(3)22-20-14-18(24)8-11-21(20)26-23(22)28/h6-11,14,26,28H,4-5,12-13,15,24H2,1-3H3. The van der Waals surface area contributed by atoms with E-state index < -0.39 is 0 Å². The number of aromatic hydroxyl groups is 1. The second-order valence-electron chi connectivity index (χ2n) is 7.29. The minimum atomic E-state index is 0.119. The van der Waals surface area contributed by atoms with E-state index in [4.69, 9.17) is 10.7 Å². The van der Waals surface area contributed by atoms with E-state index in [1.165, 1.54) is 18.4 Å². The Morgan fingerprint density at radius 1 is 1.07 bits per heavy atom. The lowest BCUT2D eigenvalue weighted by Crippen LogP contribution is -2.24. The minimum absolute atomic E-state index is 0.119. The van der Waals surface area contributed by atoms with E-state index in [2.05, 4.69) is 35.9 Å². The Morgan fingerprint density at radius 2 is 1.75 bits per heavy atom.